The predicted molar refractivity (Wildman–Crippen MR) is 121 cm³/mol. The molecule has 1 aromatic carbocycles. The first-order valence-corrected chi connectivity index (χ1v) is 10.7. The van der Waals surface area contributed by atoms with E-state index < -0.39 is 11.9 Å². The van der Waals surface area contributed by atoms with Gasteiger partial charge in [0, 0.05) is 41.7 Å². The van der Waals surface area contributed by atoms with Gasteiger partial charge in [-0.3, -0.25) is 9.78 Å². The molecule has 1 N–H and O–H groups in total. The maximum absolute atomic E-state index is 13.3. The van der Waals surface area contributed by atoms with Crippen LogP contribution in [0.5, 0.6) is 5.75 Å². The molecule has 0 saturated carbocycles. The molecule has 0 amide bonds. The molecule has 1 aliphatic heterocycles. The number of aromatic nitrogens is 1. The molecule has 0 fully saturated rings. The Hall–Kier alpha value is -3.41. The number of rotatable bonds is 5. The topological polar surface area (TPSA) is 77.5 Å². The monoisotopic (exact) mass is 432 g/mol. The number of allylic oxidation sites excluding steroid dienone is 3. The molecule has 6 heteroatoms. The van der Waals surface area contributed by atoms with Crippen molar-refractivity contribution in [3.8, 4) is 5.75 Å². The third-order valence-electron chi connectivity index (χ3n) is 6.03. The number of pyridine rings is 1. The van der Waals surface area contributed by atoms with E-state index in [-0.39, 0.29) is 17.8 Å². The van der Waals surface area contributed by atoms with E-state index >= 15 is 0 Å². The van der Waals surface area contributed by atoms with E-state index in [0.717, 1.165) is 34.7 Å². The number of Topliss-reactive ketones (excluding diaryl/α,β-unsaturated/α-hetero) is 1. The summed E-state index contributed by atoms with van der Waals surface area (Å²) in [4.78, 5) is 30.7. The molecule has 0 unspecified atom stereocenters. The van der Waals surface area contributed by atoms with Gasteiger partial charge in [0.05, 0.1) is 12.7 Å². The third-order valence-corrected chi connectivity index (χ3v) is 6.03. The number of esters is 1. The molecule has 2 aliphatic rings. The van der Waals surface area contributed by atoms with E-state index in [0.29, 0.717) is 17.6 Å². The van der Waals surface area contributed by atoms with Gasteiger partial charge in [-0.05, 0) is 54.2 Å². The molecule has 0 bridgehead atoms. The summed E-state index contributed by atoms with van der Waals surface area (Å²) in [6.45, 7) is 6.19. The van der Waals surface area contributed by atoms with Crippen molar-refractivity contribution >= 4 is 11.8 Å². The van der Waals surface area contributed by atoms with Gasteiger partial charge in [0.2, 0.25) is 0 Å². The minimum atomic E-state index is -0.471. The Morgan fingerprint density at radius 2 is 1.81 bits per heavy atom. The number of ether oxygens (including phenoxy) is 2. The number of hydrogen-bond acceptors (Lipinski definition) is 6. The van der Waals surface area contributed by atoms with Gasteiger partial charge in [0.25, 0.3) is 0 Å². The molecule has 2 aromatic rings. The summed E-state index contributed by atoms with van der Waals surface area (Å²) in [7, 11) is 1.61. The molecule has 32 heavy (non-hydrogen) atoms. The first-order valence-electron chi connectivity index (χ1n) is 10.7. The molecular weight excluding hydrogens is 404 g/mol. The highest BCUT2D eigenvalue weighted by Crippen LogP contribution is 2.46. The lowest BCUT2D eigenvalue weighted by molar-refractivity contribution is -0.140. The molecule has 2 heterocycles. The van der Waals surface area contributed by atoms with Crippen LogP contribution < -0.4 is 10.1 Å². The Morgan fingerprint density at radius 3 is 2.47 bits per heavy atom. The molecule has 0 radical (unpaired) electrons. The Bertz CT molecular complexity index is 1100. The number of methoxy groups -OCH3 is 1. The molecule has 166 valence electrons. The van der Waals surface area contributed by atoms with Crippen molar-refractivity contribution in [2.45, 2.75) is 46.1 Å². The number of carbonyl (C=O) groups is 2. The van der Waals surface area contributed by atoms with Crippen molar-refractivity contribution in [1.29, 1.82) is 0 Å². The fourth-order valence-corrected chi connectivity index (χ4v) is 4.54. The molecule has 1 atom stereocenters. The summed E-state index contributed by atoms with van der Waals surface area (Å²) in [6.07, 6.45) is 4.57. The van der Waals surface area contributed by atoms with Gasteiger partial charge in [-0.2, -0.15) is 0 Å². The lowest BCUT2D eigenvalue weighted by Gasteiger charge is -2.39. The predicted octanol–water partition coefficient (Wildman–Crippen LogP) is 4.44. The Labute approximate surface area is 188 Å². The standard InChI is InChI=1S/C26H28N2O4/c1-16-22(25(30)32-15-17-5-7-19(31-4)8-6-17)23(18-9-11-27-12-10-18)24-20(28-16)13-26(2,3)14-21(24)29/h5-12,23,28H,13-15H2,1-4H3/t23-/m1/s1. The Balaban J connectivity index is 1.66. The second-order valence-corrected chi connectivity index (χ2v) is 9.13. The highest BCUT2D eigenvalue weighted by atomic mass is 16.5. The van der Waals surface area contributed by atoms with Gasteiger partial charge >= 0.3 is 5.97 Å². The summed E-state index contributed by atoms with van der Waals surface area (Å²) in [5, 5.41) is 3.35. The van der Waals surface area contributed by atoms with Crippen LogP contribution in [-0.4, -0.2) is 23.8 Å². The van der Waals surface area contributed by atoms with Crippen LogP contribution in [0.15, 0.2) is 71.3 Å². The van der Waals surface area contributed by atoms with Crippen molar-refractivity contribution in [2.24, 2.45) is 5.41 Å². The summed E-state index contributed by atoms with van der Waals surface area (Å²) >= 11 is 0. The second-order valence-electron chi connectivity index (χ2n) is 9.13. The average Bonchev–Trinajstić information content (AvgIpc) is 2.76. The number of nitrogens with zero attached hydrogens (tertiary/aromatic N) is 1. The van der Waals surface area contributed by atoms with Gasteiger partial charge < -0.3 is 14.8 Å². The van der Waals surface area contributed by atoms with E-state index in [4.69, 9.17) is 9.47 Å². The number of nitrogens with one attached hydrogen (secondary N) is 1. The molecular formula is C26H28N2O4. The molecule has 1 aliphatic carbocycles. The fourth-order valence-electron chi connectivity index (χ4n) is 4.54. The average molecular weight is 433 g/mol. The number of dihydropyridines is 1. The number of hydrogen-bond donors (Lipinski definition) is 1. The van der Waals surface area contributed by atoms with Gasteiger partial charge in [-0.25, -0.2) is 4.79 Å². The maximum Gasteiger partial charge on any atom is 0.337 e. The zero-order valence-electron chi connectivity index (χ0n) is 18.9. The SMILES string of the molecule is COc1ccc(COC(=O)C2=C(C)NC3=C(C(=O)CC(C)(C)C3)[C@@H]2c2ccncc2)cc1. The minimum Gasteiger partial charge on any atom is -0.497 e. The van der Waals surface area contributed by atoms with E-state index in [1.165, 1.54) is 0 Å². The summed E-state index contributed by atoms with van der Waals surface area (Å²) < 4.78 is 10.9. The zero-order chi connectivity index (χ0) is 22.9. The lowest BCUT2D eigenvalue weighted by Crippen LogP contribution is -2.38. The summed E-state index contributed by atoms with van der Waals surface area (Å²) in [6, 6.07) is 11.1. The lowest BCUT2D eigenvalue weighted by atomic mass is 9.68. The quantitative estimate of drug-likeness (QED) is 0.704. The first kappa shape index (κ1) is 21.8. The van der Waals surface area contributed by atoms with E-state index in [1.807, 2.05) is 43.3 Å². The van der Waals surface area contributed by atoms with Crippen LogP contribution in [0.3, 0.4) is 0 Å². The molecule has 0 spiro atoms. The van der Waals surface area contributed by atoms with E-state index in [2.05, 4.69) is 24.1 Å². The van der Waals surface area contributed by atoms with Crippen LogP contribution in [0.25, 0.3) is 0 Å². The van der Waals surface area contributed by atoms with Crippen LogP contribution >= 0.6 is 0 Å². The van der Waals surface area contributed by atoms with Crippen molar-refractivity contribution in [3.63, 3.8) is 0 Å². The molecule has 0 saturated heterocycles. The minimum absolute atomic E-state index is 0.0681. The van der Waals surface area contributed by atoms with E-state index in [1.54, 1.807) is 19.5 Å². The van der Waals surface area contributed by atoms with Crippen LogP contribution in [0.4, 0.5) is 0 Å². The van der Waals surface area contributed by atoms with Gasteiger partial charge in [0.15, 0.2) is 5.78 Å². The van der Waals surface area contributed by atoms with Crippen molar-refractivity contribution in [1.82, 2.24) is 10.3 Å². The van der Waals surface area contributed by atoms with Crippen molar-refractivity contribution in [3.05, 3.63) is 82.5 Å². The van der Waals surface area contributed by atoms with Gasteiger partial charge in [-0.15, -0.1) is 0 Å². The molecule has 6 nitrogen and oxygen atoms in total. The fraction of sp³-hybridized carbons (Fsp3) is 0.346. The van der Waals surface area contributed by atoms with Crippen LogP contribution in [-0.2, 0) is 20.9 Å². The second kappa shape index (κ2) is 8.61. The first-order chi connectivity index (χ1) is 15.3. The van der Waals surface area contributed by atoms with Crippen molar-refractivity contribution in [2.75, 3.05) is 7.11 Å². The molecule has 1 aromatic heterocycles. The zero-order valence-corrected chi connectivity index (χ0v) is 18.9. The number of carbonyl (C=O) groups excluding carboxylic acids is 2. The smallest absolute Gasteiger partial charge is 0.337 e. The third kappa shape index (κ3) is 4.31. The van der Waals surface area contributed by atoms with Gasteiger partial charge in [0.1, 0.15) is 12.4 Å². The molecule has 4 rings (SSSR count). The van der Waals surface area contributed by atoms with E-state index in [9.17, 15) is 9.59 Å². The Kier molecular flexibility index (Phi) is 5.87. The van der Waals surface area contributed by atoms with Gasteiger partial charge in [-0.1, -0.05) is 26.0 Å². The van der Waals surface area contributed by atoms with Crippen LogP contribution in [0.1, 0.15) is 50.7 Å². The highest BCUT2D eigenvalue weighted by molar-refractivity contribution is 6.04. The highest BCUT2D eigenvalue weighted by Gasteiger charge is 2.43. The normalized spacial score (nSPS) is 19.9. The van der Waals surface area contributed by atoms with Crippen LogP contribution in [0, 0.1) is 5.41 Å². The van der Waals surface area contributed by atoms with Crippen molar-refractivity contribution < 1.29 is 19.1 Å². The summed E-state index contributed by atoms with van der Waals surface area (Å²) in [5.41, 5.74) is 4.34. The maximum atomic E-state index is 13.3. The number of ketones is 1. The summed E-state index contributed by atoms with van der Waals surface area (Å²) in [5.74, 6) is -0.0948. The largest absolute Gasteiger partial charge is 0.497 e. The van der Waals surface area contributed by atoms with Crippen LogP contribution in [0.2, 0.25) is 0 Å². The number of benzene rings is 1. The Morgan fingerprint density at radius 1 is 1.12 bits per heavy atom.